The molecular formula is C23H21NO6. The average molecular weight is 407 g/mol. The molecule has 1 aliphatic rings. The Morgan fingerprint density at radius 2 is 1.87 bits per heavy atom. The van der Waals surface area contributed by atoms with E-state index < -0.39 is 23.5 Å². The number of Topliss-reactive ketones (excluding diaryl/α,β-unsaturated/α-hetero) is 1. The Labute approximate surface area is 173 Å². The van der Waals surface area contributed by atoms with Gasteiger partial charge in [0.15, 0.2) is 11.5 Å². The van der Waals surface area contributed by atoms with E-state index in [2.05, 4.69) is 0 Å². The smallest absolute Gasteiger partial charge is 0.290 e. The maximum atomic E-state index is 13.4. The van der Waals surface area contributed by atoms with E-state index in [1.165, 1.54) is 19.1 Å². The molecule has 0 saturated carbocycles. The molecule has 7 heteroatoms. The molecule has 1 aliphatic heterocycles. The number of amides is 1. The highest BCUT2D eigenvalue weighted by atomic mass is 16.5. The zero-order valence-electron chi connectivity index (χ0n) is 16.6. The third-order valence-corrected chi connectivity index (χ3v) is 5.17. The minimum absolute atomic E-state index is 0.0420. The summed E-state index contributed by atoms with van der Waals surface area (Å²) in [6, 6.07) is 15.1. The molecule has 4 rings (SSSR count). The average Bonchev–Trinajstić information content (AvgIpc) is 3.31. The highest BCUT2D eigenvalue weighted by molar-refractivity contribution is 6.16. The van der Waals surface area contributed by atoms with Crippen LogP contribution in [0.2, 0.25) is 0 Å². The molecule has 1 unspecified atom stereocenters. The summed E-state index contributed by atoms with van der Waals surface area (Å²) in [4.78, 5) is 27.7. The minimum Gasteiger partial charge on any atom is -0.503 e. The molecule has 2 heterocycles. The highest BCUT2D eigenvalue weighted by Crippen LogP contribution is 2.42. The lowest BCUT2D eigenvalue weighted by molar-refractivity contribution is -0.130. The van der Waals surface area contributed by atoms with Crippen LogP contribution in [-0.4, -0.2) is 49.1 Å². The molecule has 1 atom stereocenters. The van der Waals surface area contributed by atoms with Crippen molar-refractivity contribution < 1.29 is 28.6 Å². The zero-order chi connectivity index (χ0) is 21.3. The lowest BCUT2D eigenvalue weighted by Crippen LogP contribution is -2.34. The number of ketones is 1. The number of ether oxygens (including phenoxy) is 2. The molecule has 0 aliphatic carbocycles. The number of nitrogens with zero attached hydrogens (tertiary/aromatic N) is 1. The summed E-state index contributed by atoms with van der Waals surface area (Å²) in [6.07, 6.45) is 0. The van der Waals surface area contributed by atoms with E-state index in [0.29, 0.717) is 16.9 Å². The summed E-state index contributed by atoms with van der Waals surface area (Å²) in [7, 11) is 3.03. The molecule has 30 heavy (non-hydrogen) atoms. The van der Waals surface area contributed by atoms with Crippen molar-refractivity contribution in [1.29, 1.82) is 0 Å². The van der Waals surface area contributed by atoms with Crippen LogP contribution in [0.3, 0.4) is 0 Å². The number of aliphatic hydroxyl groups excluding tert-OH is 1. The van der Waals surface area contributed by atoms with Crippen molar-refractivity contribution in [3.63, 3.8) is 0 Å². The molecule has 154 valence electrons. The fourth-order valence-corrected chi connectivity index (χ4v) is 3.75. The van der Waals surface area contributed by atoms with Gasteiger partial charge in [-0.25, -0.2) is 0 Å². The first-order valence-corrected chi connectivity index (χ1v) is 9.46. The lowest BCUT2D eigenvalue weighted by Gasteiger charge is -2.27. The summed E-state index contributed by atoms with van der Waals surface area (Å²) in [5.74, 6) is -1.22. The number of benzene rings is 2. The predicted octanol–water partition coefficient (Wildman–Crippen LogP) is 3.67. The van der Waals surface area contributed by atoms with Crippen LogP contribution >= 0.6 is 0 Å². The number of furan rings is 1. The Bertz CT molecular complexity index is 1110. The van der Waals surface area contributed by atoms with Gasteiger partial charge < -0.3 is 23.9 Å². The number of fused-ring (bicyclic) bond motifs is 1. The first-order valence-electron chi connectivity index (χ1n) is 9.46. The van der Waals surface area contributed by atoms with Crippen molar-refractivity contribution in [3.05, 3.63) is 77.3 Å². The van der Waals surface area contributed by atoms with Gasteiger partial charge in [-0.05, 0) is 18.2 Å². The molecule has 0 saturated heterocycles. The molecule has 0 fully saturated rings. The predicted molar refractivity (Wildman–Crippen MR) is 110 cm³/mol. The van der Waals surface area contributed by atoms with Crippen LogP contribution in [0.25, 0.3) is 11.0 Å². The molecule has 1 amide bonds. The summed E-state index contributed by atoms with van der Waals surface area (Å²) in [5, 5.41) is 11.4. The number of hydrogen-bond donors (Lipinski definition) is 1. The SMILES string of the molecule is COCCN1C(=O)C(O)=C(C(=O)c2cc3ccccc3o2)C1c1ccccc1OC. The summed E-state index contributed by atoms with van der Waals surface area (Å²) >= 11 is 0. The van der Waals surface area contributed by atoms with Crippen LogP contribution in [0, 0.1) is 0 Å². The van der Waals surface area contributed by atoms with Gasteiger partial charge in [0.25, 0.3) is 5.91 Å². The molecular weight excluding hydrogens is 386 g/mol. The maximum Gasteiger partial charge on any atom is 0.290 e. The van der Waals surface area contributed by atoms with Gasteiger partial charge in [-0.15, -0.1) is 0 Å². The van der Waals surface area contributed by atoms with Crippen molar-refractivity contribution in [2.24, 2.45) is 0 Å². The van der Waals surface area contributed by atoms with Crippen LogP contribution in [0.15, 0.2) is 70.3 Å². The standard InChI is InChI=1S/C23H21NO6/c1-28-12-11-24-20(15-8-4-6-10-17(15)29-2)19(22(26)23(24)27)21(25)18-13-14-7-3-5-9-16(14)30-18/h3-10,13,20,26H,11-12H2,1-2H3. The number of para-hydroxylation sites is 2. The lowest BCUT2D eigenvalue weighted by atomic mass is 9.94. The number of hydrogen-bond acceptors (Lipinski definition) is 6. The van der Waals surface area contributed by atoms with Crippen LogP contribution in [0.5, 0.6) is 5.75 Å². The number of carbonyl (C=O) groups is 2. The van der Waals surface area contributed by atoms with Gasteiger partial charge in [0.05, 0.1) is 25.3 Å². The van der Waals surface area contributed by atoms with Crippen molar-refractivity contribution >= 4 is 22.7 Å². The molecule has 7 nitrogen and oxygen atoms in total. The minimum atomic E-state index is -0.829. The van der Waals surface area contributed by atoms with E-state index in [1.54, 1.807) is 42.5 Å². The van der Waals surface area contributed by atoms with Gasteiger partial charge in [-0.2, -0.15) is 0 Å². The molecule has 3 aromatic rings. The Hall–Kier alpha value is -3.58. The van der Waals surface area contributed by atoms with Gasteiger partial charge in [-0.3, -0.25) is 9.59 Å². The molecule has 2 aromatic carbocycles. The monoisotopic (exact) mass is 407 g/mol. The van der Waals surface area contributed by atoms with E-state index in [9.17, 15) is 14.7 Å². The molecule has 0 radical (unpaired) electrons. The van der Waals surface area contributed by atoms with Gasteiger partial charge >= 0.3 is 0 Å². The Balaban J connectivity index is 1.83. The third kappa shape index (κ3) is 3.23. The number of methoxy groups -OCH3 is 2. The second-order valence-corrected chi connectivity index (χ2v) is 6.88. The fraction of sp³-hybridized carbons (Fsp3) is 0.217. The van der Waals surface area contributed by atoms with Crippen LogP contribution in [0.1, 0.15) is 22.2 Å². The van der Waals surface area contributed by atoms with Crippen LogP contribution in [-0.2, 0) is 9.53 Å². The Morgan fingerprint density at radius 3 is 2.60 bits per heavy atom. The van der Waals surface area contributed by atoms with Gasteiger partial charge in [0, 0.05) is 24.6 Å². The maximum absolute atomic E-state index is 13.4. The largest absolute Gasteiger partial charge is 0.503 e. The van der Waals surface area contributed by atoms with E-state index in [4.69, 9.17) is 13.9 Å². The van der Waals surface area contributed by atoms with Crippen molar-refractivity contribution in [1.82, 2.24) is 4.90 Å². The second kappa shape index (κ2) is 8.04. The van der Waals surface area contributed by atoms with E-state index in [0.717, 1.165) is 5.39 Å². The Kier molecular flexibility index (Phi) is 5.29. The normalized spacial score (nSPS) is 16.5. The first kappa shape index (κ1) is 19.7. The van der Waals surface area contributed by atoms with Gasteiger partial charge in [0.2, 0.25) is 5.78 Å². The van der Waals surface area contributed by atoms with E-state index >= 15 is 0 Å². The number of aliphatic hydroxyl groups is 1. The summed E-state index contributed by atoms with van der Waals surface area (Å²) in [5.41, 5.74) is 1.10. The van der Waals surface area contributed by atoms with Crippen molar-refractivity contribution in [2.75, 3.05) is 27.4 Å². The van der Waals surface area contributed by atoms with Crippen molar-refractivity contribution in [3.8, 4) is 5.75 Å². The van der Waals surface area contributed by atoms with Gasteiger partial charge in [0.1, 0.15) is 11.3 Å². The third-order valence-electron chi connectivity index (χ3n) is 5.17. The van der Waals surface area contributed by atoms with Crippen LogP contribution in [0.4, 0.5) is 0 Å². The number of rotatable bonds is 7. The topological polar surface area (TPSA) is 89.2 Å². The van der Waals surface area contributed by atoms with E-state index in [1.807, 2.05) is 12.1 Å². The summed E-state index contributed by atoms with van der Waals surface area (Å²) < 4.78 is 16.3. The Morgan fingerprint density at radius 1 is 1.13 bits per heavy atom. The second-order valence-electron chi connectivity index (χ2n) is 6.88. The van der Waals surface area contributed by atoms with Gasteiger partial charge in [-0.1, -0.05) is 36.4 Å². The van der Waals surface area contributed by atoms with Crippen LogP contribution < -0.4 is 4.74 Å². The highest BCUT2D eigenvalue weighted by Gasteiger charge is 2.45. The quantitative estimate of drug-likeness (QED) is 0.601. The molecule has 0 spiro atoms. The summed E-state index contributed by atoms with van der Waals surface area (Å²) in [6.45, 7) is 0.440. The molecule has 1 aromatic heterocycles. The van der Waals surface area contributed by atoms with Crippen molar-refractivity contribution in [2.45, 2.75) is 6.04 Å². The first-order chi connectivity index (χ1) is 14.6. The molecule has 0 bridgehead atoms. The fourth-order valence-electron chi connectivity index (χ4n) is 3.75. The van der Waals surface area contributed by atoms with E-state index in [-0.39, 0.29) is 24.5 Å². The molecule has 1 N–H and O–H groups in total. The zero-order valence-corrected chi connectivity index (χ0v) is 16.6. The number of carbonyl (C=O) groups excluding carboxylic acids is 2.